The van der Waals surface area contributed by atoms with Gasteiger partial charge in [-0.05, 0) is 54.6 Å². The Morgan fingerprint density at radius 1 is 1.06 bits per heavy atom. The van der Waals surface area contributed by atoms with Gasteiger partial charge in [-0.3, -0.25) is 19.2 Å². The van der Waals surface area contributed by atoms with Crippen LogP contribution < -0.4 is 14.4 Å². The second-order valence-corrected chi connectivity index (χ2v) is 7.62. The van der Waals surface area contributed by atoms with Gasteiger partial charge in [0.2, 0.25) is 5.91 Å². The number of carbonyl (C=O) groups excluding carboxylic acids is 4. The second kappa shape index (κ2) is 9.62. The number of furan rings is 1. The Labute approximate surface area is 195 Å². The first kappa shape index (κ1) is 22.8. The summed E-state index contributed by atoms with van der Waals surface area (Å²) < 4.78 is 15.6. The van der Waals surface area contributed by atoms with E-state index in [-0.39, 0.29) is 13.0 Å². The molecule has 0 bridgehead atoms. The van der Waals surface area contributed by atoms with Crippen LogP contribution in [0.25, 0.3) is 0 Å². The van der Waals surface area contributed by atoms with Gasteiger partial charge in [-0.1, -0.05) is 6.07 Å². The van der Waals surface area contributed by atoms with E-state index in [0.29, 0.717) is 28.5 Å². The Balaban J connectivity index is 1.63. The van der Waals surface area contributed by atoms with Crippen LogP contribution in [0, 0.1) is 0 Å². The van der Waals surface area contributed by atoms with Gasteiger partial charge in [-0.15, -0.1) is 0 Å². The molecule has 1 fully saturated rings. The fraction of sp³-hybridized carbons (Fsp3) is 0.200. The Hall–Kier alpha value is -4.40. The molecule has 0 N–H and O–H groups in total. The average molecular weight is 462 g/mol. The molecule has 2 aromatic carbocycles. The Morgan fingerprint density at radius 3 is 2.47 bits per heavy atom. The molecule has 9 heteroatoms. The summed E-state index contributed by atoms with van der Waals surface area (Å²) in [5, 5.41) is 0. The lowest BCUT2D eigenvalue weighted by Gasteiger charge is -2.27. The molecular weight excluding hydrogens is 440 g/mol. The van der Waals surface area contributed by atoms with E-state index in [9.17, 15) is 19.2 Å². The number of anilines is 1. The summed E-state index contributed by atoms with van der Waals surface area (Å²) in [5.74, 6) is -0.641. The monoisotopic (exact) mass is 462 g/mol. The number of hydrogen-bond acceptors (Lipinski definition) is 7. The van der Waals surface area contributed by atoms with Crippen molar-refractivity contribution in [3.8, 4) is 11.5 Å². The molecule has 3 amide bonds. The number of carbonyl (C=O) groups is 4. The number of benzene rings is 2. The zero-order chi connectivity index (χ0) is 24.2. The van der Waals surface area contributed by atoms with Gasteiger partial charge in [0.25, 0.3) is 11.8 Å². The molecule has 1 saturated heterocycles. The average Bonchev–Trinajstić information content (AvgIpc) is 3.44. The van der Waals surface area contributed by atoms with Gasteiger partial charge in [0.1, 0.15) is 23.3 Å². The highest BCUT2D eigenvalue weighted by atomic mass is 16.5. The molecule has 174 valence electrons. The zero-order valence-corrected chi connectivity index (χ0v) is 18.6. The number of amides is 3. The van der Waals surface area contributed by atoms with Crippen molar-refractivity contribution in [1.29, 1.82) is 0 Å². The van der Waals surface area contributed by atoms with Crippen LogP contribution in [0.5, 0.6) is 11.5 Å². The van der Waals surface area contributed by atoms with E-state index in [1.54, 1.807) is 36.4 Å². The van der Waals surface area contributed by atoms with E-state index in [1.165, 1.54) is 49.5 Å². The molecular formula is C25H22N2O7. The number of ether oxygens (including phenoxy) is 2. The van der Waals surface area contributed by atoms with E-state index in [1.807, 2.05) is 0 Å². The topological polar surface area (TPSA) is 106 Å². The Kier molecular flexibility index (Phi) is 6.44. The van der Waals surface area contributed by atoms with Crippen molar-refractivity contribution in [2.45, 2.75) is 25.9 Å². The normalized spacial score (nSPS) is 15.4. The first-order chi connectivity index (χ1) is 16.4. The van der Waals surface area contributed by atoms with Gasteiger partial charge < -0.3 is 18.8 Å². The minimum Gasteiger partial charge on any atom is -0.497 e. The number of hydrogen-bond donors (Lipinski definition) is 0. The summed E-state index contributed by atoms with van der Waals surface area (Å²) in [6.45, 7) is 1.28. The fourth-order valence-corrected chi connectivity index (χ4v) is 3.78. The summed E-state index contributed by atoms with van der Waals surface area (Å²) in [5.41, 5.74) is 0.635. The summed E-state index contributed by atoms with van der Waals surface area (Å²) in [6, 6.07) is 14.9. The molecule has 2 heterocycles. The highest BCUT2D eigenvalue weighted by Crippen LogP contribution is 2.29. The maximum Gasteiger partial charge on any atom is 0.308 e. The number of imide groups is 1. The zero-order valence-electron chi connectivity index (χ0n) is 18.6. The summed E-state index contributed by atoms with van der Waals surface area (Å²) in [6.07, 6.45) is 1.29. The third kappa shape index (κ3) is 4.68. The van der Waals surface area contributed by atoms with Crippen LogP contribution in [-0.4, -0.2) is 41.7 Å². The lowest BCUT2D eigenvalue weighted by atomic mass is 10.1. The Bertz CT molecular complexity index is 1220. The number of nitrogens with zero attached hydrogens (tertiary/aromatic N) is 2. The van der Waals surface area contributed by atoms with Crippen LogP contribution >= 0.6 is 0 Å². The second-order valence-electron chi connectivity index (χ2n) is 7.62. The molecule has 0 aliphatic carbocycles. The molecule has 4 rings (SSSR count). The summed E-state index contributed by atoms with van der Waals surface area (Å²) >= 11 is 0. The quantitative estimate of drug-likeness (QED) is 0.302. The van der Waals surface area contributed by atoms with Crippen molar-refractivity contribution in [1.82, 2.24) is 4.90 Å². The molecule has 1 aliphatic rings. The summed E-state index contributed by atoms with van der Waals surface area (Å²) in [7, 11) is 1.49. The van der Waals surface area contributed by atoms with Crippen LogP contribution in [0.2, 0.25) is 0 Å². The van der Waals surface area contributed by atoms with Crippen molar-refractivity contribution in [2.75, 3.05) is 12.0 Å². The molecule has 0 saturated carbocycles. The fourth-order valence-electron chi connectivity index (χ4n) is 3.78. The van der Waals surface area contributed by atoms with Crippen LogP contribution in [0.15, 0.2) is 71.3 Å². The van der Waals surface area contributed by atoms with E-state index >= 15 is 0 Å². The molecule has 1 aromatic heterocycles. The molecule has 0 radical (unpaired) electrons. The number of methoxy groups -OCH3 is 1. The lowest BCUT2D eigenvalue weighted by Crippen LogP contribution is -2.45. The standard InChI is InChI=1S/C25H22N2O7/c1-16(28)34-19-10-8-18(9-11-19)27-23(29)14-22(25(27)31)26(15-21-7-4-12-33-21)24(30)17-5-3-6-20(13-17)32-2/h3-13,22H,14-15H2,1-2H3. The van der Waals surface area contributed by atoms with Gasteiger partial charge in [-0.25, -0.2) is 4.90 Å². The van der Waals surface area contributed by atoms with Crippen LogP contribution in [0.1, 0.15) is 29.5 Å². The van der Waals surface area contributed by atoms with Gasteiger partial charge in [0.05, 0.1) is 32.0 Å². The maximum atomic E-state index is 13.5. The maximum absolute atomic E-state index is 13.5. The first-order valence-corrected chi connectivity index (χ1v) is 10.5. The molecule has 0 spiro atoms. The van der Waals surface area contributed by atoms with Crippen molar-refractivity contribution in [3.05, 3.63) is 78.3 Å². The minimum atomic E-state index is -1.02. The van der Waals surface area contributed by atoms with E-state index < -0.39 is 29.7 Å². The van der Waals surface area contributed by atoms with E-state index in [0.717, 1.165) is 4.90 Å². The first-order valence-electron chi connectivity index (χ1n) is 10.5. The van der Waals surface area contributed by atoms with Crippen LogP contribution in [-0.2, 0) is 20.9 Å². The van der Waals surface area contributed by atoms with Crippen molar-refractivity contribution in [3.63, 3.8) is 0 Å². The van der Waals surface area contributed by atoms with Crippen molar-refractivity contribution in [2.24, 2.45) is 0 Å². The third-order valence-corrected chi connectivity index (χ3v) is 5.34. The number of esters is 1. The largest absolute Gasteiger partial charge is 0.497 e. The highest BCUT2D eigenvalue weighted by molar-refractivity contribution is 6.23. The van der Waals surface area contributed by atoms with Crippen LogP contribution in [0.4, 0.5) is 5.69 Å². The summed E-state index contributed by atoms with van der Waals surface area (Å²) in [4.78, 5) is 53.2. The van der Waals surface area contributed by atoms with Crippen LogP contribution in [0.3, 0.4) is 0 Å². The number of rotatable bonds is 7. The van der Waals surface area contributed by atoms with Gasteiger partial charge in [0.15, 0.2) is 0 Å². The lowest BCUT2D eigenvalue weighted by molar-refractivity contribution is -0.132. The highest BCUT2D eigenvalue weighted by Gasteiger charge is 2.44. The predicted molar refractivity (Wildman–Crippen MR) is 120 cm³/mol. The predicted octanol–water partition coefficient (Wildman–Crippen LogP) is 3.19. The van der Waals surface area contributed by atoms with E-state index in [2.05, 4.69) is 0 Å². The minimum absolute atomic E-state index is 0.00591. The van der Waals surface area contributed by atoms with Gasteiger partial charge >= 0.3 is 5.97 Å². The SMILES string of the molecule is COc1cccc(C(=O)N(Cc2ccco2)C2CC(=O)N(c3ccc(OC(C)=O)cc3)C2=O)c1. The van der Waals surface area contributed by atoms with Gasteiger partial charge in [-0.2, -0.15) is 0 Å². The van der Waals surface area contributed by atoms with E-state index in [4.69, 9.17) is 13.9 Å². The molecule has 1 unspecified atom stereocenters. The molecule has 9 nitrogen and oxygen atoms in total. The van der Waals surface area contributed by atoms with Gasteiger partial charge in [0, 0.05) is 12.5 Å². The van der Waals surface area contributed by atoms with Crippen molar-refractivity contribution >= 4 is 29.4 Å². The smallest absolute Gasteiger partial charge is 0.308 e. The Morgan fingerprint density at radius 2 is 1.82 bits per heavy atom. The molecule has 1 atom stereocenters. The van der Waals surface area contributed by atoms with Crippen molar-refractivity contribution < 1.29 is 33.1 Å². The molecule has 3 aromatic rings. The molecule has 34 heavy (non-hydrogen) atoms. The third-order valence-electron chi connectivity index (χ3n) is 5.34. The molecule has 1 aliphatic heterocycles.